The van der Waals surface area contributed by atoms with Crippen molar-refractivity contribution < 1.29 is 14.3 Å². The molecular weight excluding hydrogens is 561 g/mol. The zero-order valence-electron chi connectivity index (χ0n) is 28.5. The molecule has 0 radical (unpaired) electrons. The Bertz CT molecular complexity index is 1710. The number of rotatable bonds is 6. The van der Waals surface area contributed by atoms with Crippen LogP contribution in [0.4, 0.5) is 10.1 Å². The van der Waals surface area contributed by atoms with Crippen LogP contribution in [-0.2, 0) is 17.6 Å². The van der Waals surface area contributed by atoms with Gasteiger partial charge in [-0.15, -0.1) is 0 Å². The summed E-state index contributed by atoms with van der Waals surface area (Å²) in [5.74, 6) is -0.521. The number of aliphatic hydroxyl groups is 1. The molecule has 2 aromatic rings. The Morgan fingerprint density at radius 3 is 2.29 bits per heavy atom. The van der Waals surface area contributed by atoms with Crippen LogP contribution < -0.4 is 16.4 Å². The average Bonchev–Trinajstić information content (AvgIpc) is 2.90. The van der Waals surface area contributed by atoms with Gasteiger partial charge in [-0.05, 0) is 116 Å². The molecule has 2 aromatic carbocycles. The highest BCUT2D eigenvalue weighted by atomic mass is 19.1. The first-order valence-corrected chi connectivity index (χ1v) is 16.0. The number of anilines is 1. The molecule has 0 bridgehead atoms. The van der Waals surface area contributed by atoms with Crippen molar-refractivity contribution in [3.05, 3.63) is 93.7 Å². The van der Waals surface area contributed by atoms with Gasteiger partial charge in [0.15, 0.2) is 5.60 Å². The second-order valence-electron chi connectivity index (χ2n) is 14.9. The van der Waals surface area contributed by atoms with Crippen LogP contribution in [0.2, 0.25) is 0 Å². The molecule has 0 fully saturated rings. The van der Waals surface area contributed by atoms with E-state index in [1.165, 1.54) is 0 Å². The summed E-state index contributed by atoms with van der Waals surface area (Å²) in [7, 11) is 4.07. The van der Waals surface area contributed by atoms with E-state index in [4.69, 9.17) is 11.5 Å². The van der Waals surface area contributed by atoms with Crippen LogP contribution in [0.15, 0.2) is 71.5 Å². The van der Waals surface area contributed by atoms with Crippen LogP contribution in [0.3, 0.4) is 0 Å². The molecule has 4 atom stereocenters. The van der Waals surface area contributed by atoms with Crippen LogP contribution in [0.25, 0.3) is 16.7 Å². The van der Waals surface area contributed by atoms with Crippen LogP contribution in [0.1, 0.15) is 76.6 Å². The molecule has 0 saturated heterocycles. The van der Waals surface area contributed by atoms with Crippen molar-refractivity contribution in [2.45, 2.75) is 91.0 Å². The third-order valence-electron chi connectivity index (χ3n) is 11.0. The molecule has 3 aliphatic carbocycles. The number of halogens is 1. The molecule has 45 heavy (non-hydrogen) atoms. The Labute approximate surface area is 268 Å². The second kappa shape index (κ2) is 10.5. The predicted molar refractivity (Wildman–Crippen MR) is 185 cm³/mol. The summed E-state index contributed by atoms with van der Waals surface area (Å²) < 4.78 is 14.4. The van der Waals surface area contributed by atoms with Gasteiger partial charge < -0.3 is 21.5 Å². The van der Waals surface area contributed by atoms with Crippen LogP contribution in [0, 0.1) is 18.3 Å². The van der Waals surface area contributed by atoms with Crippen molar-refractivity contribution in [1.82, 2.24) is 0 Å². The van der Waals surface area contributed by atoms with E-state index < -0.39 is 28.0 Å². The number of alkyl halides is 1. The Morgan fingerprint density at radius 1 is 1.18 bits per heavy atom. The number of carbonyl (C=O) groups excluding carboxylic acids is 1. The van der Waals surface area contributed by atoms with Crippen LogP contribution in [0.5, 0.6) is 0 Å². The molecule has 5 rings (SSSR count). The minimum Gasteiger partial charge on any atom is -0.399 e. The fraction of sp³-hybridized carbons (Fsp3) is 0.462. The van der Waals surface area contributed by atoms with Crippen molar-refractivity contribution >= 4 is 17.0 Å². The van der Waals surface area contributed by atoms with Gasteiger partial charge in [0.1, 0.15) is 5.67 Å². The van der Waals surface area contributed by atoms with E-state index in [9.17, 15) is 14.3 Å². The molecule has 0 unspecified atom stereocenters. The lowest BCUT2D eigenvalue weighted by Gasteiger charge is -2.61. The molecule has 0 heterocycles. The van der Waals surface area contributed by atoms with Crippen LogP contribution >= 0.6 is 0 Å². The highest BCUT2D eigenvalue weighted by Gasteiger charge is 2.67. The maximum Gasteiger partial charge on any atom is 0.201 e. The fourth-order valence-electron chi connectivity index (χ4n) is 9.34. The second-order valence-corrected chi connectivity index (χ2v) is 14.9. The number of allylic oxidation sites excluding steroid dienone is 2. The number of fused-ring (bicyclic) bond motifs is 3. The lowest BCUT2D eigenvalue weighted by molar-refractivity contribution is -0.154. The topological polar surface area (TPSA) is 92.6 Å². The summed E-state index contributed by atoms with van der Waals surface area (Å²) >= 11 is 0. The Hall–Kier alpha value is -3.48. The number of ketones is 1. The monoisotopic (exact) mass is 611 g/mol. The van der Waals surface area contributed by atoms with E-state index in [1.807, 2.05) is 47.0 Å². The Morgan fingerprint density at radius 2 is 1.78 bits per heavy atom. The molecular formula is C39H50FN3O2. The van der Waals surface area contributed by atoms with Gasteiger partial charge >= 0.3 is 0 Å². The first-order chi connectivity index (χ1) is 20.7. The molecule has 0 aromatic heterocycles. The number of Topliss-reactive ketones (excluding diaryl/α,β-unsaturated/α-hetero) is 1. The number of hydrogen-bond donors (Lipinski definition) is 3. The van der Waals surface area contributed by atoms with Gasteiger partial charge in [-0.25, -0.2) is 4.39 Å². The largest absolute Gasteiger partial charge is 0.399 e. The van der Waals surface area contributed by atoms with Crippen molar-refractivity contribution in [3.63, 3.8) is 0 Å². The number of nitrogens with two attached hydrogens (primary N) is 2. The minimum atomic E-state index is -1.81. The molecule has 0 aliphatic heterocycles. The summed E-state index contributed by atoms with van der Waals surface area (Å²) in [6.07, 6.45) is 2.02. The molecule has 240 valence electrons. The van der Waals surface area contributed by atoms with E-state index in [0.29, 0.717) is 30.4 Å². The van der Waals surface area contributed by atoms with E-state index in [2.05, 4.69) is 50.1 Å². The van der Waals surface area contributed by atoms with E-state index >= 15 is 0 Å². The first kappa shape index (κ1) is 32.9. The van der Waals surface area contributed by atoms with Crippen molar-refractivity contribution in [2.24, 2.45) is 22.8 Å². The number of benzene rings is 2. The van der Waals surface area contributed by atoms with E-state index in [0.717, 1.165) is 62.2 Å². The van der Waals surface area contributed by atoms with Gasteiger partial charge in [0.05, 0.1) is 0 Å². The van der Waals surface area contributed by atoms with Gasteiger partial charge in [-0.2, -0.15) is 0 Å². The maximum atomic E-state index is 14.4. The molecule has 3 aliphatic rings. The van der Waals surface area contributed by atoms with E-state index in [-0.39, 0.29) is 11.6 Å². The van der Waals surface area contributed by atoms with Gasteiger partial charge in [0, 0.05) is 48.4 Å². The number of nitrogens with zero attached hydrogens (tertiary/aromatic N) is 1. The smallest absolute Gasteiger partial charge is 0.201 e. The molecule has 5 nitrogen and oxygen atoms in total. The Kier molecular flexibility index (Phi) is 7.70. The fourth-order valence-corrected chi connectivity index (χ4v) is 9.34. The highest BCUT2D eigenvalue weighted by molar-refractivity contribution is 6.10. The number of hydrogen-bond acceptors (Lipinski definition) is 5. The van der Waals surface area contributed by atoms with Crippen LogP contribution in [-0.4, -0.2) is 41.8 Å². The summed E-state index contributed by atoms with van der Waals surface area (Å²) in [6.45, 7) is 21.7. The average molecular weight is 612 g/mol. The van der Waals surface area contributed by atoms with Crippen molar-refractivity contribution in [3.8, 4) is 11.1 Å². The third-order valence-corrected chi connectivity index (χ3v) is 11.0. The SMILES string of the molecule is C=C(N)C1=C(C)[C@@H](CC)[C@]2(C)C[C@]3(N)Cc4c(N(C)C)cc(-c5ccc(CC(C)(C)F)cc5)c(C)c4C(=C)C3=C(C)[C@]2(O)C1=O. The van der Waals surface area contributed by atoms with Crippen molar-refractivity contribution in [2.75, 3.05) is 19.0 Å². The molecule has 0 spiro atoms. The highest BCUT2D eigenvalue weighted by Crippen LogP contribution is 2.64. The standard InChI is InChI=1S/C39H50FN3O2/c1-12-30-22(3)33(25(6)41)35(44)39(45)24(5)34-23(4)32-21(2)28(27-15-13-26(14-16-27)18-36(7,8)40)17-31(43(10)11)29(32)19-38(34,42)20-37(30,39)9/h13-17,30,45H,4,6,12,18-20,41-42H2,1-3,5,7-11H3/t30-,37+,38-,39+/m1/s1. The van der Waals surface area contributed by atoms with E-state index in [1.54, 1.807) is 13.8 Å². The minimum absolute atomic E-state index is 0.120. The van der Waals surface area contributed by atoms with Gasteiger partial charge in [-0.1, -0.05) is 56.8 Å². The van der Waals surface area contributed by atoms with Crippen molar-refractivity contribution in [1.29, 1.82) is 0 Å². The van der Waals surface area contributed by atoms with Gasteiger partial charge in [0.25, 0.3) is 0 Å². The first-order valence-electron chi connectivity index (χ1n) is 16.0. The quantitative estimate of drug-likeness (QED) is 0.323. The summed E-state index contributed by atoms with van der Waals surface area (Å²) in [5, 5.41) is 12.7. The summed E-state index contributed by atoms with van der Waals surface area (Å²) in [4.78, 5) is 16.4. The third kappa shape index (κ3) is 4.67. The zero-order chi connectivity index (χ0) is 33.6. The Balaban J connectivity index is 1.75. The molecule has 0 amide bonds. The zero-order valence-corrected chi connectivity index (χ0v) is 28.5. The lowest BCUT2D eigenvalue weighted by Crippen LogP contribution is -2.69. The normalized spacial score (nSPS) is 28.1. The number of carbonyl (C=O) groups is 1. The summed E-state index contributed by atoms with van der Waals surface area (Å²) in [6, 6.07) is 10.3. The summed E-state index contributed by atoms with van der Waals surface area (Å²) in [5.41, 5.74) is 19.6. The molecule has 0 saturated carbocycles. The lowest BCUT2D eigenvalue weighted by atomic mass is 9.44. The van der Waals surface area contributed by atoms with Gasteiger partial charge in [0.2, 0.25) is 5.78 Å². The maximum absolute atomic E-state index is 14.4. The van der Waals surface area contributed by atoms with Gasteiger partial charge in [-0.3, -0.25) is 4.79 Å². The predicted octanol–water partition coefficient (Wildman–Crippen LogP) is 7.14. The molecule has 6 heteroatoms. The molecule has 5 N–H and O–H groups in total.